The molecule has 29 heavy (non-hydrogen) atoms. The van der Waals surface area contributed by atoms with E-state index in [1.807, 2.05) is 19.1 Å². The molecule has 10 nitrogen and oxygen atoms in total. The molecule has 0 aliphatic heterocycles. The van der Waals surface area contributed by atoms with Crippen LogP contribution in [-0.2, 0) is 4.74 Å². The van der Waals surface area contributed by atoms with Gasteiger partial charge in [0.1, 0.15) is 11.3 Å². The fraction of sp³-hybridized carbons (Fsp3) is 0.105. The highest BCUT2D eigenvalue weighted by Gasteiger charge is 2.15. The third-order valence-corrected chi connectivity index (χ3v) is 4.28. The van der Waals surface area contributed by atoms with Crippen molar-refractivity contribution in [3.05, 3.63) is 60.4 Å². The van der Waals surface area contributed by atoms with Crippen molar-refractivity contribution < 1.29 is 18.8 Å². The fourth-order valence-electron chi connectivity index (χ4n) is 2.77. The zero-order valence-corrected chi connectivity index (χ0v) is 15.5. The van der Waals surface area contributed by atoms with Gasteiger partial charge in [0, 0.05) is 17.4 Å². The molecular formula is C19H16N6O4. The first-order valence-electron chi connectivity index (χ1n) is 8.56. The van der Waals surface area contributed by atoms with Crippen LogP contribution in [0.1, 0.15) is 16.1 Å². The van der Waals surface area contributed by atoms with Crippen molar-refractivity contribution in [3.63, 3.8) is 0 Å². The molecular weight excluding hydrogens is 376 g/mol. The van der Waals surface area contributed by atoms with Crippen molar-refractivity contribution >= 4 is 29.0 Å². The van der Waals surface area contributed by atoms with E-state index < -0.39 is 6.09 Å². The van der Waals surface area contributed by atoms with Gasteiger partial charge in [-0.3, -0.25) is 14.5 Å². The molecule has 0 aliphatic rings. The van der Waals surface area contributed by atoms with E-state index in [2.05, 4.69) is 30.5 Å². The highest BCUT2D eigenvalue weighted by atomic mass is 16.5. The number of nitrogens with zero attached hydrogens (tertiary/aromatic N) is 4. The number of methoxy groups -OCH3 is 1. The number of benzene rings is 1. The summed E-state index contributed by atoms with van der Waals surface area (Å²) < 4.78 is 10.9. The van der Waals surface area contributed by atoms with Crippen molar-refractivity contribution in [2.75, 3.05) is 17.7 Å². The SMILES string of the molecule is COC(=O)Nc1ccc2ncc(C(=O)Nc3cc(-c4ncon4)ccc3C)n2c1. The van der Waals surface area contributed by atoms with Crippen LogP contribution in [0.3, 0.4) is 0 Å². The molecule has 3 heterocycles. The van der Waals surface area contributed by atoms with Crippen molar-refractivity contribution in [2.45, 2.75) is 6.92 Å². The summed E-state index contributed by atoms with van der Waals surface area (Å²) in [6.07, 6.45) is 3.69. The maximum atomic E-state index is 12.9. The second-order valence-electron chi connectivity index (χ2n) is 6.14. The summed E-state index contributed by atoms with van der Waals surface area (Å²) in [5, 5.41) is 9.25. The lowest BCUT2D eigenvalue weighted by Crippen LogP contribution is -2.16. The van der Waals surface area contributed by atoms with E-state index in [0.717, 1.165) is 5.56 Å². The molecule has 0 radical (unpaired) electrons. The summed E-state index contributed by atoms with van der Waals surface area (Å²) >= 11 is 0. The number of nitrogens with one attached hydrogen (secondary N) is 2. The van der Waals surface area contributed by atoms with Gasteiger partial charge in [-0.1, -0.05) is 17.3 Å². The minimum Gasteiger partial charge on any atom is -0.453 e. The lowest BCUT2D eigenvalue weighted by Gasteiger charge is -2.10. The predicted molar refractivity (Wildman–Crippen MR) is 104 cm³/mol. The quantitative estimate of drug-likeness (QED) is 0.547. The summed E-state index contributed by atoms with van der Waals surface area (Å²) in [5.74, 6) is 0.0647. The average Bonchev–Trinajstić information content (AvgIpc) is 3.39. The number of rotatable bonds is 4. The highest BCUT2D eigenvalue weighted by Crippen LogP contribution is 2.24. The van der Waals surface area contributed by atoms with Gasteiger partial charge in [-0.05, 0) is 30.7 Å². The van der Waals surface area contributed by atoms with E-state index in [4.69, 9.17) is 4.52 Å². The Labute approximate surface area is 164 Å². The monoisotopic (exact) mass is 392 g/mol. The van der Waals surface area contributed by atoms with E-state index in [1.165, 1.54) is 19.7 Å². The smallest absolute Gasteiger partial charge is 0.411 e. The highest BCUT2D eigenvalue weighted by molar-refractivity contribution is 6.04. The third kappa shape index (κ3) is 3.63. The molecule has 3 aromatic heterocycles. The van der Waals surface area contributed by atoms with E-state index in [1.54, 1.807) is 28.8 Å². The minimum atomic E-state index is -0.607. The summed E-state index contributed by atoms with van der Waals surface area (Å²) in [5.41, 5.74) is 3.51. The Bertz CT molecular complexity index is 1200. The molecule has 0 saturated heterocycles. The van der Waals surface area contributed by atoms with Crippen LogP contribution in [0.25, 0.3) is 17.0 Å². The van der Waals surface area contributed by atoms with Crippen molar-refractivity contribution in [1.82, 2.24) is 19.5 Å². The van der Waals surface area contributed by atoms with Crippen LogP contribution in [-0.4, -0.2) is 38.6 Å². The Morgan fingerprint density at radius 3 is 2.76 bits per heavy atom. The van der Waals surface area contributed by atoms with Gasteiger partial charge in [0.2, 0.25) is 12.2 Å². The second-order valence-corrected chi connectivity index (χ2v) is 6.14. The van der Waals surface area contributed by atoms with Crippen molar-refractivity contribution in [1.29, 1.82) is 0 Å². The van der Waals surface area contributed by atoms with Crippen LogP contribution in [0.5, 0.6) is 0 Å². The number of amides is 2. The third-order valence-electron chi connectivity index (χ3n) is 4.28. The van der Waals surface area contributed by atoms with Gasteiger partial charge in [-0.25, -0.2) is 9.78 Å². The van der Waals surface area contributed by atoms with Gasteiger partial charge < -0.3 is 14.6 Å². The Balaban J connectivity index is 1.63. The lowest BCUT2D eigenvalue weighted by molar-refractivity contribution is 0.102. The van der Waals surface area contributed by atoms with Crippen LogP contribution >= 0.6 is 0 Å². The van der Waals surface area contributed by atoms with E-state index in [9.17, 15) is 9.59 Å². The number of carbonyl (C=O) groups excluding carboxylic acids is 2. The van der Waals surface area contributed by atoms with Crippen LogP contribution in [0.2, 0.25) is 0 Å². The number of carbonyl (C=O) groups is 2. The predicted octanol–water partition coefficient (Wildman–Crippen LogP) is 3.12. The molecule has 1 aromatic carbocycles. The number of aromatic nitrogens is 4. The number of aryl methyl sites for hydroxylation is 1. The molecule has 2 N–H and O–H groups in total. The maximum Gasteiger partial charge on any atom is 0.411 e. The summed E-state index contributed by atoms with van der Waals surface area (Å²) in [4.78, 5) is 32.6. The molecule has 0 bridgehead atoms. The zero-order valence-electron chi connectivity index (χ0n) is 15.5. The van der Waals surface area contributed by atoms with Gasteiger partial charge in [-0.2, -0.15) is 4.98 Å². The largest absolute Gasteiger partial charge is 0.453 e. The topological polar surface area (TPSA) is 124 Å². The molecule has 0 spiro atoms. The van der Waals surface area contributed by atoms with E-state index in [-0.39, 0.29) is 5.91 Å². The normalized spacial score (nSPS) is 10.7. The van der Waals surface area contributed by atoms with Crippen molar-refractivity contribution in [3.8, 4) is 11.4 Å². The fourth-order valence-corrected chi connectivity index (χ4v) is 2.77. The molecule has 4 rings (SSSR count). The first kappa shape index (κ1) is 18.2. The molecule has 0 saturated carbocycles. The number of ether oxygens (including phenoxy) is 1. The standard InChI is InChI=1S/C19H16N6O4/c1-11-3-4-12(17-21-10-29-24-17)7-14(11)23-18(26)15-8-20-16-6-5-13(9-25(15)16)22-19(27)28-2/h3-10H,1-2H3,(H,22,27)(H,23,26). The lowest BCUT2D eigenvalue weighted by atomic mass is 10.1. The number of anilines is 2. The minimum absolute atomic E-state index is 0.304. The Hall–Kier alpha value is -4.21. The van der Waals surface area contributed by atoms with Crippen LogP contribution in [0.15, 0.2) is 53.6 Å². The second kappa shape index (κ2) is 7.43. The Kier molecular flexibility index (Phi) is 4.65. The number of fused-ring (bicyclic) bond motifs is 1. The Morgan fingerprint density at radius 2 is 2.00 bits per heavy atom. The summed E-state index contributed by atoms with van der Waals surface area (Å²) in [6.45, 7) is 1.88. The van der Waals surface area contributed by atoms with Crippen molar-refractivity contribution in [2.24, 2.45) is 0 Å². The molecule has 2 amide bonds. The first-order chi connectivity index (χ1) is 14.0. The molecule has 0 atom stereocenters. The summed E-state index contributed by atoms with van der Waals surface area (Å²) in [6, 6.07) is 8.82. The maximum absolute atomic E-state index is 12.9. The molecule has 0 aliphatic carbocycles. The van der Waals surface area contributed by atoms with Gasteiger partial charge >= 0.3 is 6.09 Å². The summed E-state index contributed by atoms with van der Waals surface area (Å²) in [7, 11) is 1.27. The van der Waals surface area contributed by atoms with Gasteiger partial charge in [0.25, 0.3) is 5.91 Å². The van der Waals surface area contributed by atoms with Gasteiger partial charge in [0.15, 0.2) is 0 Å². The van der Waals surface area contributed by atoms with E-state index >= 15 is 0 Å². The molecule has 146 valence electrons. The van der Waals surface area contributed by atoms with Crippen LogP contribution in [0, 0.1) is 6.92 Å². The zero-order chi connectivity index (χ0) is 20.4. The molecule has 0 unspecified atom stereocenters. The van der Waals surface area contributed by atoms with Gasteiger partial charge in [0.05, 0.1) is 19.0 Å². The first-order valence-corrected chi connectivity index (χ1v) is 8.56. The molecule has 10 heteroatoms. The van der Waals surface area contributed by atoms with E-state index in [0.29, 0.717) is 34.1 Å². The molecule has 0 fully saturated rings. The van der Waals surface area contributed by atoms with Gasteiger partial charge in [-0.15, -0.1) is 0 Å². The molecule has 4 aromatic rings. The number of pyridine rings is 1. The number of hydrogen-bond acceptors (Lipinski definition) is 7. The number of imidazole rings is 1. The number of hydrogen-bond donors (Lipinski definition) is 2. The average molecular weight is 392 g/mol. The van der Waals surface area contributed by atoms with Crippen LogP contribution < -0.4 is 10.6 Å². The van der Waals surface area contributed by atoms with Crippen LogP contribution in [0.4, 0.5) is 16.2 Å². The Morgan fingerprint density at radius 1 is 1.14 bits per heavy atom.